The second kappa shape index (κ2) is 15.7. The molecule has 2 atom stereocenters. The standard InChI is InChI=1S/C36H40N4O5/c1-24(2)34(36(45)37-25(3)35(44)38-30-20-16-26(23-41)17-21-30)39-32(42)14-8-9-15-33(43)40-22-29-12-5-4-10-27(29)18-19-28-11-6-7-13-31(28)40/h4-7,10-13,16-17,20-21,24-25,34,41H,8-9,14-15,22-23H2,1-3H3,(H,37,45)(H,38,44)(H,39,42)/t25-,34-/m0/s1. The first-order chi connectivity index (χ1) is 21.7. The number of carbonyl (C=O) groups excluding carboxylic acids is 4. The first kappa shape index (κ1) is 33.0. The number of nitrogens with one attached hydrogen (secondary N) is 3. The van der Waals surface area contributed by atoms with Crippen molar-refractivity contribution in [1.82, 2.24) is 10.6 Å². The molecule has 3 aromatic carbocycles. The average molecular weight is 609 g/mol. The van der Waals surface area contributed by atoms with Gasteiger partial charge in [-0.15, -0.1) is 0 Å². The van der Waals surface area contributed by atoms with E-state index in [2.05, 4.69) is 27.8 Å². The number of aliphatic hydroxyl groups is 1. The second-order valence-corrected chi connectivity index (χ2v) is 11.5. The molecule has 4 amide bonds. The highest BCUT2D eigenvalue weighted by Gasteiger charge is 2.27. The van der Waals surface area contributed by atoms with E-state index in [1.165, 1.54) is 0 Å². The quantitative estimate of drug-likeness (QED) is 0.180. The first-order valence-corrected chi connectivity index (χ1v) is 15.3. The molecule has 45 heavy (non-hydrogen) atoms. The summed E-state index contributed by atoms with van der Waals surface area (Å²) in [7, 11) is 0. The molecule has 0 saturated carbocycles. The van der Waals surface area contributed by atoms with Crippen LogP contribution in [0.3, 0.4) is 0 Å². The molecule has 1 aliphatic rings. The molecule has 0 aliphatic carbocycles. The lowest BCUT2D eigenvalue weighted by Crippen LogP contribution is -2.53. The van der Waals surface area contributed by atoms with Crippen LogP contribution in [0.5, 0.6) is 0 Å². The summed E-state index contributed by atoms with van der Waals surface area (Å²) in [5, 5.41) is 17.4. The Bertz CT molecular complexity index is 1590. The third kappa shape index (κ3) is 9.03. The average Bonchev–Trinajstić information content (AvgIpc) is 3.03. The summed E-state index contributed by atoms with van der Waals surface area (Å²) < 4.78 is 0. The van der Waals surface area contributed by atoms with Gasteiger partial charge in [-0.25, -0.2) is 0 Å². The molecule has 9 nitrogen and oxygen atoms in total. The fourth-order valence-corrected chi connectivity index (χ4v) is 5.00. The molecule has 0 spiro atoms. The van der Waals surface area contributed by atoms with E-state index in [9.17, 15) is 24.3 Å². The molecule has 1 heterocycles. The Morgan fingerprint density at radius 3 is 2.16 bits per heavy atom. The maximum absolute atomic E-state index is 13.4. The van der Waals surface area contributed by atoms with Gasteiger partial charge in [0, 0.05) is 29.7 Å². The van der Waals surface area contributed by atoms with Crippen LogP contribution < -0.4 is 20.9 Å². The van der Waals surface area contributed by atoms with Gasteiger partial charge >= 0.3 is 0 Å². The largest absolute Gasteiger partial charge is 0.392 e. The first-order valence-electron chi connectivity index (χ1n) is 15.3. The SMILES string of the molecule is CC(C)[C@H](NC(=O)CCCCC(=O)N1Cc2ccccc2C#Cc2ccccc21)C(=O)N[C@@H](C)C(=O)Nc1ccc(CO)cc1. The van der Waals surface area contributed by atoms with E-state index in [1.54, 1.807) is 36.1 Å². The summed E-state index contributed by atoms with van der Waals surface area (Å²) in [5.41, 5.74) is 4.70. The van der Waals surface area contributed by atoms with Crippen LogP contribution in [0, 0.1) is 17.8 Å². The van der Waals surface area contributed by atoms with Crippen molar-refractivity contribution in [3.8, 4) is 11.8 Å². The number of hydrogen-bond acceptors (Lipinski definition) is 5. The number of aliphatic hydroxyl groups excluding tert-OH is 1. The van der Waals surface area contributed by atoms with Crippen molar-refractivity contribution < 1.29 is 24.3 Å². The molecule has 9 heteroatoms. The number of fused-ring (bicyclic) bond motifs is 2. The lowest BCUT2D eigenvalue weighted by molar-refractivity contribution is -0.131. The van der Waals surface area contributed by atoms with Gasteiger partial charge in [0.2, 0.25) is 23.6 Å². The molecular formula is C36H40N4O5. The lowest BCUT2D eigenvalue weighted by Gasteiger charge is -2.26. The molecular weight excluding hydrogens is 568 g/mol. The zero-order chi connectivity index (χ0) is 32.3. The number of hydrogen-bond donors (Lipinski definition) is 4. The normalized spacial score (nSPS) is 13.1. The van der Waals surface area contributed by atoms with Crippen molar-refractivity contribution in [2.75, 3.05) is 10.2 Å². The van der Waals surface area contributed by atoms with E-state index >= 15 is 0 Å². The van der Waals surface area contributed by atoms with Crippen LogP contribution in [0.15, 0.2) is 72.8 Å². The Morgan fingerprint density at radius 1 is 0.800 bits per heavy atom. The van der Waals surface area contributed by atoms with E-state index in [0.717, 1.165) is 27.9 Å². The predicted octanol–water partition coefficient (Wildman–Crippen LogP) is 4.27. The van der Waals surface area contributed by atoms with Gasteiger partial charge in [0.15, 0.2) is 0 Å². The number of unbranched alkanes of at least 4 members (excludes halogenated alkanes) is 1. The van der Waals surface area contributed by atoms with Crippen LogP contribution in [-0.4, -0.2) is 40.8 Å². The highest BCUT2D eigenvalue weighted by atomic mass is 16.3. The minimum atomic E-state index is -0.842. The van der Waals surface area contributed by atoms with E-state index in [1.807, 2.05) is 62.4 Å². The van der Waals surface area contributed by atoms with E-state index in [-0.39, 0.29) is 37.2 Å². The van der Waals surface area contributed by atoms with Gasteiger partial charge in [-0.1, -0.05) is 68.2 Å². The van der Waals surface area contributed by atoms with Crippen LogP contribution in [-0.2, 0) is 32.3 Å². The van der Waals surface area contributed by atoms with Gasteiger partial charge in [0.1, 0.15) is 12.1 Å². The molecule has 0 aromatic heterocycles. The summed E-state index contributed by atoms with van der Waals surface area (Å²) in [6.07, 6.45) is 1.41. The van der Waals surface area contributed by atoms with Gasteiger partial charge in [-0.05, 0) is 67.1 Å². The summed E-state index contributed by atoms with van der Waals surface area (Å²) in [6, 6.07) is 20.5. The van der Waals surface area contributed by atoms with Crippen molar-refractivity contribution in [2.24, 2.45) is 5.92 Å². The van der Waals surface area contributed by atoms with Crippen molar-refractivity contribution in [3.05, 3.63) is 95.1 Å². The van der Waals surface area contributed by atoms with Crippen LogP contribution in [0.2, 0.25) is 0 Å². The summed E-state index contributed by atoms with van der Waals surface area (Å²) in [6.45, 7) is 5.53. The number of anilines is 2. The highest BCUT2D eigenvalue weighted by Crippen LogP contribution is 2.26. The van der Waals surface area contributed by atoms with Gasteiger partial charge < -0.3 is 26.0 Å². The molecule has 0 saturated heterocycles. The summed E-state index contributed by atoms with van der Waals surface area (Å²) in [5.74, 6) is 5.01. The number of benzene rings is 3. The molecule has 1 aliphatic heterocycles. The fraction of sp³-hybridized carbons (Fsp3) is 0.333. The Hall–Kier alpha value is -4.94. The van der Waals surface area contributed by atoms with Crippen molar-refractivity contribution in [3.63, 3.8) is 0 Å². The van der Waals surface area contributed by atoms with Crippen LogP contribution >= 0.6 is 0 Å². The summed E-state index contributed by atoms with van der Waals surface area (Å²) in [4.78, 5) is 53.6. The van der Waals surface area contributed by atoms with E-state index < -0.39 is 23.9 Å². The number of rotatable bonds is 12. The Balaban J connectivity index is 1.26. The predicted molar refractivity (Wildman–Crippen MR) is 174 cm³/mol. The Kier molecular flexibility index (Phi) is 11.5. The maximum atomic E-state index is 13.4. The van der Waals surface area contributed by atoms with Gasteiger partial charge in [-0.3, -0.25) is 19.2 Å². The van der Waals surface area contributed by atoms with Crippen LogP contribution in [0.25, 0.3) is 0 Å². The van der Waals surface area contributed by atoms with E-state index in [4.69, 9.17) is 0 Å². The van der Waals surface area contributed by atoms with Crippen molar-refractivity contribution in [2.45, 2.75) is 71.7 Å². The van der Waals surface area contributed by atoms with E-state index in [0.29, 0.717) is 25.1 Å². The minimum Gasteiger partial charge on any atom is -0.392 e. The Labute approximate surface area is 264 Å². The third-order valence-electron chi connectivity index (χ3n) is 7.64. The maximum Gasteiger partial charge on any atom is 0.246 e. The molecule has 0 radical (unpaired) electrons. The van der Waals surface area contributed by atoms with Gasteiger partial charge in [0.25, 0.3) is 0 Å². The minimum absolute atomic E-state index is 0.0441. The van der Waals surface area contributed by atoms with Crippen molar-refractivity contribution >= 4 is 35.0 Å². The molecule has 0 unspecified atom stereocenters. The van der Waals surface area contributed by atoms with Crippen LogP contribution in [0.1, 0.15) is 68.7 Å². The summed E-state index contributed by atoms with van der Waals surface area (Å²) >= 11 is 0. The number of amides is 4. The molecule has 4 rings (SSSR count). The van der Waals surface area contributed by atoms with Gasteiger partial charge in [0.05, 0.1) is 18.8 Å². The Morgan fingerprint density at radius 2 is 1.44 bits per heavy atom. The second-order valence-electron chi connectivity index (χ2n) is 11.5. The van der Waals surface area contributed by atoms with Gasteiger partial charge in [-0.2, -0.15) is 0 Å². The molecule has 3 aromatic rings. The highest BCUT2D eigenvalue weighted by molar-refractivity contribution is 5.98. The molecule has 0 bridgehead atoms. The topological polar surface area (TPSA) is 128 Å². The molecule has 234 valence electrons. The molecule has 4 N–H and O–H groups in total. The van der Waals surface area contributed by atoms with Crippen LogP contribution in [0.4, 0.5) is 11.4 Å². The molecule has 0 fully saturated rings. The number of carbonyl (C=O) groups is 4. The number of nitrogens with zero attached hydrogens (tertiary/aromatic N) is 1. The van der Waals surface area contributed by atoms with Crippen molar-refractivity contribution in [1.29, 1.82) is 0 Å². The third-order valence-corrected chi connectivity index (χ3v) is 7.64. The fourth-order valence-electron chi connectivity index (χ4n) is 5.00. The lowest BCUT2D eigenvalue weighted by atomic mass is 10.0. The zero-order valence-electron chi connectivity index (χ0n) is 25.9. The smallest absolute Gasteiger partial charge is 0.246 e. The zero-order valence-corrected chi connectivity index (χ0v) is 25.9. The number of para-hydroxylation sites is 1. The monoisotopic (exact) mass is 608 g/mol.